The van der Waals surface area contributed by atoms with Crippen LogP contribution in [-0.2, 0) is 9.30 Å². The van der Waals surface area contributed by atoms with Gasteiger partial charge in [-0.2, -0.15) is 4.89 Å². The summed E-state index contributed by atoms with van der Waals surface area (Å²) < 4.78 is 16.3. The second-order valence-corrected chi connectivity index (χ2v) is 6.33. The number of aliphatic hydroxyl groups excluding tert-OH is 2. The molecular weight excluding hydrogens is 309 g/mol. The molecule has 1 heterocycles. The molecule has 1 amide bonds. The van der Waals surface area contributed by atoms with Crippen LogP contribution in [0.4, 0.5) is 0 Å². The Morgan fingerprint density at radius 2 is 2.00 bits per heavy atom. The summed E-state index contributed by atoms with van der Waals surface area (Å²) in [5, 5.41) is 22.3. The van der Waals surface area contributed by atoms with Gasteiger partial charge < -0.3 is 20.3 Å². The molecule has 0 bridgehead atoms. The van der Waals surface area contributed by atoms with Crippen molar-refractivity contribution in [1.82, 2.24) is 5.32 Å². The van der Waals surface area contributed by atoms with Crippen LogP contribution in [0.5, 0.6) is 0 Å². The highest BCUT2D eigenvalue weighted by Gasteiger charge is 2.38. The largest absolute Gasteiger partial charge is 0.505 e. The first-order chi connectivity index (χ1) is 10.5. The zero-order valence-corrected chi connectivity index (χ0v) is 12.7. The Morgan fingerprint density at radius 1 is 1.32 bits per heavy atom. The van der Waals surface area contributed by atoms with Gasteiger partial charge in [0.15, 0.2) is 12.4 Å². The molecule has 2 rings (SSSR count). The van der Waals surface area contributed by atoms with Crippen LogP contribution in [0.15, 0.2) is 30.3 Å². The normalized spacial score (nSPS) is 29.0. The van der Waals surface area contributed by atoms with E-state index in [1.165, 1.54) is 0 Å². The number of carbonyl (C=O) groups is 1. The fourth-order valence-corrected chi connectivity index (χ4v) is 2.82. The van der Waals surface area contributed by atoms with E-state index in [-0.39, 0.29) is 19.0 Å². The molecule has 0 aliphatic carbocycles. The first kappa shape index (κ1) is 17.0. The van der Waals surface area contributed by atoms with Crippen LogP contribution in [0.25, 0.3) is 0 Å². The maximum absolute atomic E-state index is 12.1. The molecule has 0 radical (unpaired) electrons. The van der Waals surface area contributed by atoms with Gasteiger partial charge in [-0.25, -0.2) is 0 Å². The number of aliphatic hydroxyl groups is 2. The SMILES string of the molecule is O=C(NC1O[C@H](CC[P+](=O)O)C[C@H](O)[C@@H]1O)c1ccccc1. The number of hydrogen-bond donors (Lipinski definition) is 4. The average Bonchev–Trinajstić information content (AvgIpc) is 2.50. The van der Waals surface area contributed by atoms with Gasteiger partial charge in [-0.05, 0) is 16.7 Å². The smallest absolute Gasteiger partial charge is 0.390 e. The summed E-state index contributed by atoms with van der Waals surface area (Å²) in [6.07, 6.45) is -3.39. The molecule has 1 fully saturated rings. The van der Waals surface area contributed by atoms with Crippen LogP contribution in [0.3, 0.4) is 0 Å². The van der Waals surface area contributed by atoms with Crippen LogP contribution in [0.2, 0.25) is 0 Å². The van der Waals surface area contributed by atoms with E-state index in [0.29, 0.717) is 5.56 Å². The van der Waals surface area contributed by atoms with E-state index in [0.717, 1.165) is 0 Å². The molecule has 7 nitrogen and oxygen atoms in total. The lowest BCUT2D eigenvalue weighted by molar-refractivity contribution is -0.175. The summed E-state index contributed by atoms with van der Waals surface area (Å²) in [6, 6.07) is 8.44. The molecule has 4 N–H and O–H groups in total. The first-order valence-corrected chi connectivity index (χ1v) is 8.38. The third kappa shape index (κ3) is 4.56. The molecule has 1 aromatic rings. The molecule has 5 atom stereocenters. The van der Waals surface area contributed by atoms with Gasteiger partial charge in [0.05, 0.1) is 12.2 Å². The number of amides is 1. The number of benzene rings is 1. The van der Waals surface area contributed by atoms with Crippen LogP contribution in [-0.4, -0.2) is 51.7 Å². The van der Waals surface area contributed by atoms with Crippen molar-refractivity contribution in [3.05, 3.63) is 35.9 Å². The molecule has 0 spiro atoms. The standard InChI is InChI=1S/C14H18NO6P/c16-11-8-10(6-7-22(19)20)21-14(12(11)17)15-13(18)9-4-2-1-3-5-9/h1-5,10-12,14,16-17H,6-8H2,(H-,15,18,19,20)/p+1/t10-,11+,12+,14?/m1/s1. The molecule has 0 saturated carbocycles. The van der Waals surface area contributed by atoms with E-state index in [1.54, 1.807) is 30.3 Å². The molecule has 8 heteroatoms. The highest BCUT2D eigenvalue weighted by molar-refractivity contribution is 7.37. The molecule has 22 heavy (non-hydrogen) atoms. The maximum Gasteiger partial charge on any atom is 0.505 e. The van der Waals surface area contributed by atoms with E-state index in [9.17, 15) is 19.6 Å². The molecule has 2 unspecified atom stereocenters. The predicted octanol–water partition coefficient (Wildman–Crippen LogP) is 0.378. The van der Waals surface area contributed by atoms with E-state index >= 15 is 0 Å². The Morgan fingerprint density at radius 3 is 2.64 bits per heavy atom. The predicted molar refractivity (Wildman–Crippen MR) is 78.5 cm³/mol. The van der Waals surface area contributed by atoms with Gasteiger partial charge >= 0.3 is 8.03 Å². The minimum absolute atomic E-state index is 0.0438. The van der Waals surface area contributed by atoms with Gasteiger partial charge in [-0.1, -0.05) is 18.2 Å². The van der Waals surface area contributed by atoms with Crippen molar-refractivity contribution in [2.45, 2.75) is 37.4 Å². The van der Waals surface area contributed by atoms with Gasteiger partial charge in [-0.3, -0.25) is 4.79 Å². The molecule has 1 saturated heterocycles. The van der Waals surface area contributed by atoms with Crippen LogP contribution >= 0.6 is 8.03 Å². The number of hydrogen-bond acceptors (Lipinski definition) is 5. The molecule has 0 aromatic heterocycles. The lowest BCUT2D eigenvalue weighted by Crippen LogP contribution is -2.56. The number of ether oxygens (including phenoxy) is 1. The van der Waals surface area contributed by atoms with Gasteiger partial charge in [0.2, 0.25) is 0 Å². The second kappa shape index (κ2) is 7.76. The zero-order chi connectivity index (χ0) is 16.1. The Bertz CT molecular complexity index is 525. The first-order valence-electron chi connectivity index (χ1n) is 6.98. The zero-order valence-electron chi connectivity index (χ0n) is 11.8. The second-order valence-electron chi connectivity index (χ2n) is 5.18. The summed E-state index contributed by atoms with van der Waals surface area (Å²) in [7, 11) is -2.28. The Kier molecular flexibility index (Phi) is 5.99. The summed E-state index contributed by atoms with van der Waals surface area (Å²) in [5.41, 5.74) is 0.411. The minimum atomic E-state index is -2.28. The Labute approximate surface area is 128 Å². The van der Waals surface area contributed by atoms with E-state index < -0.39 is 38.5 Å². The third-order valence-corrected chi connectivity index (χ3v) is 4.14. The lowest BCUT2D eigenvalue weighted by atomic mass is 9.99. The minimum Gasteiger partial charge on any atom is -0.390 e. The maximum atomic E-state index is 12.1. The number of carbonyl (C=O) groups excluding carboxylic acids is 1. The molecule has 1 aliphatic heterocycles. The average molecular weight is 328 g/mol. The lowest BCUT2D eigenvalue weighted by Gasteiger charge is -2.37. The van der Waals surface area contributed by atoms with Gasteiger partial charge in [-0.15, -0.1) is 0 Å². The van der Waals surface area contributed by atoms with Crippen molar-refractivity contribution in [3.63, 3.8) is 0 Å². The van der Waals surface area contributed by atoms with Crippen molar-refractivity contribution in [2.24, 2.45) is 0 Å². The highest BCUT2D eigenvalue weighted by Crippen LogP contribution is 2.25. The number of nitrogens with one attached hydrogen (secondary N) is 1. The van der Waals surface area contributed by atoms with Gasteiger partial charge in [0, 0.05) is 18.4 Å². The van der Waals surface area contributed by atoms with Crippen LogP contribution in [0.1, 0.15) is 23.2 Å². The third-order valence-electron chi connectivity index (χ3n) is 3.50. The molecule has 1 aliphatic rings. The number of rotatable bonds is 5. The molecule has 120 valence electrons. The van der Waals surface area contributed by atoms with Crippen molar-refractivity contribution < 1.29 is 29.2 Å². The van der Waals surface area contributed by atoms with Crippen molar-refractivity contribution in [2.75, 3.05) is 6.16 Å². The van der Waals surface area contributed by atoms with Crippen LogP contribution in [0, 0.1) is 0 Å². The summed E-state index contributed by atoms with van der Waals surface area (Å²) in [6.45, 7) is 0. The van der Waals surface area contributed by atoms with Crippen LogP contribution < -0.4 is 5.32 Å². The molecule has 1 aromatic carbocycles. The Hall–Kier alpha value is -1.37. The van der Waals surface area contributed by atoms with E-state index in [2.05, 4.69) is 5.32 Å². The van der Waals surface area contributed by atoms with E-state index in [4.69, 9.17) is 9.63 Å². The van der Waals surface area contributed by atoms with Gasteiger partial charge in [0.1, 0.15) is 6.10 Å². The molecular formula is C14H19NO6P+. The van der Waals surface area contributed by atoms with Gasteiger partial charge in [0.25, 0.3) is 5.91 Å². The summed E-state index contributed by atoms with van der Waals surface area (Å²) in [5.74, 6) is -0.425. The van der Waals surface area contributed by atoms with Crippen molar-refractivity contribution in [3.8, 4) is 0 Å². The fraction of sp³-hybridized carbons (Fsp3) is 0.500. The van der Waals surface area contributed by atoms with E-state index in [1.807, 2.05) is 0 Å². The van der Waals surface area contributed by atoms with Crippen molar-refractivity contribution >= 4 is 13.9 Å². The van der Waals surface area contributed by atoms with Crippen molar-refractivity contribution in [1.29, 1.82) is 0 Å². The fourth-order valence-electron chi connectivity index (χ4n) is 2.32. The summed E-state index contributed by atoms with van der Waals surface area (Å²) >= 11 is 0. The quantitative estimate of drug-likeness (QED) is 0.581. The Balaban J connectivity index is 1.98. The highest BCUT2D eigenvalue weighted by atomic mass is 31.1. The topological polar surface area (TPSA) is 116 Å². The monoisotopic (exact) mass is 328 g/mol. The summed E-state index contributed by atoms with van der Waals surface area (Å²) in [4.78, 5) is 20.9.